The molecule has 0 unspecified atom stereocenters. The molecule has 1 aliphatic heterocycles. The summed E-state index contributed by atoms with van der Waals surface area (Å²) in [4.78, 5) is 0. The van der Waals surface area contributed by atoms with Crippen molar-refractivity contribution in [1.29, 1.82) is 0 Å². The average molecular weight is 344 g/mol. The summed E-state index contributed by atoms with van der Waals surface area (Å²) < 4.78 is 16.0. The highest BCUT2D eigenvalue weighted by Gasteiger charge is 2.45. The second kappa shape index (κ2) is 8.21. The molecule has 5 N–H and O–H groups in total. The zero-order valence-corrected chi connectivity index (χ0v) is 13.5. The maximum atomic E-state index is 10.0. The Morgan fingerprint density at radius 1 is 1.08 bits per heavy atom. The summed E-state index contributed by atoms with van der Waals surface area (Å²) >= 11 is 0. The van der Waals surface area contributed by atoms with Crippen LogP contribution < -0.4 is 4.74 Å². The Bertz CT molecular complexity index is 503. The monoisotopic (exact) mass is 344 g/mol. The zero-order valence-electron chi connectivity index (χ0n) is 13.5. The summed E-state index contributed by atoms with van der Waals surface area (Å²) in [5.74, 6) is 0.635. The van der Waals surface area contributed by atoms with Gasteiger partial charge in [0.2, 0.25) is 0 Å². The van der Waals surface area contributed by atoms with Crippen molar-refractivity contribution in [2.75, 3.05) is 13.7 Å². The molecule has 24 heavy (non-hydrogen) atoms. The molecule has 0 saturated carbocycles. The Kier molecular flexibility index (Phi) is 6.53. The molecule has 2 rings (SSSR count). The molecule has 1 fully saturated rings. The first-order chi connectivity index (χ1) is 11.4. The Labute approximate surface area is 139 Å². The summed E-state index contributed by atoms with van der Waals surface area (Å²) in [5.41, 5.74) is 0.614. The van der Waals surface area contributed by atoms with E-state index in [9.17, 15) is 25.5 Å². The molecule has 0 spiro atoms. The maximum Gasteiger partial charge on any atom is 0.187 e. The third-order valence-electron chi connectivity index (χ3n) is 4.01. The van der Waals surface area contributed by atoms with E-state index in [2.05, 4.69) is 0 Å². The smallest absolute Gasteiger partial charge is 0.187 e. The van der Waals surface area contributed by atoms with E-state index in [1.165, 1.54) is 14.0 Å². The first-order valence-electron chi connectivity index (χ1n) is 7.67. The Morgan fingerprint density at radius 2 is 1.71 bits per heavy atom. The van der Waals surface area contributed by atoms with Crippen molar-refractivity contribution in [2.45, 2.75) is 49.8 Å². The van der Waals surface area contributed by atoms with Crippen molar-refractivity contribution in [2.24, 2.45) is 0 Å². The van der Waals surface area contributed by atoms with E-state index in [0.29, 0.717) is 11.3 Å². The zero-order chi connectivity index (χ0) is 17.9. The molecular weight excluding hydrogens is 320 g/mol. The van der Waals surface area contributed by atoms with Gasteiger partial charge in [-0.15, -0.1) is 0 Å². The van der Waals surface area contributed by atoms with Gasteiger partial charge in [0.25, 0.3) is 0 Å². The third kappa shape index (κ3) is 4.04. The highest BCUT2D eigenvalue weighted by molar-refractivity contribution is 5.29. The minimum absolute atomic E-state index is 0.549. The van der Waals surface area contributed by atoms with E-state index < -0.39 is 49.5 Å². The van der Waals surface area contributed by atoms with Crippen LogP contribution in [-0.4, -0.2) is 76.1 Å². The molecule has 0 bridgehead atoms. The average Bonchev–Trinajstić information content (AvgIpc) is 2.59. The van der Waals surface area contributed by atoms with Crippen LogP contribution in [0.3, 0.4) is 0 Å². The van der Waals surface area contributed by atoms with Crippen LogP contribution in [0.5, 0.6) is 5.75 Å². The maximum absolute atomic E-state index is 10.0. The first-order valence-corrected chi connectivity index (χ1v) is 7.67. The second-order valence-corrected chi connectivity index (χ2v) is 5.77. The quantitative estimate of drug-likeness (QED) is 0.441. The van der Waals surface area contributed by atoms with Crippen molar-refractivity contribution >= 4 is 0 Å². The predicted molar refractivity (Wildman–Crippen MR) is 82.3 cm³/mol. The lowest BCUT2D eigenvalue weighted by Gasteiger charge is -2.41. The number of hydrogen-bond acceptors (Lipinski definition) is 8. The molecule has 1 saturated heterocycles. The van der Waals surface area contributed by atoms with Crippen LogP contribution in [0, 0.1) is 0 Å². The number of methoxy groups -OCH3 is 1. The van der Waals surface area contributed by atoms with E-state index in [1.54, 1.807) is 24.3 Å². The van der Waals surface area contributed by atoms with Gasteiger partial charge in [0.15, 0.2) is 6.29 Å². The molecule has 0 aliphatic carbocycles. The van der Waals surface area contributed by atoms with Crippen molar-refractivity contribution in [3.05, 3.63) is 29.8 Å². The van der Waals surface area contributed by atoms with Gasteiger partial charge in [-0.2, -0.15) is 0 Å². The van der Waals surface area contributed by atoms with Gasteiger partial charge >= 0.3 is 0 Å². The minimum Gasteiger partial charge on any atom is -0.497 e. The van der Waals surface area contributed by atoms with Crippen molar-refractivity contribution in [1.82, 2.24) is 0 Å². The summed E-state index contributed by atoms with van der Waals surface area (Å²) in [7, 11) is 1.53. The van der Waals surface area contributed by atoms with Gasteiger partial charge in [-0.1, -0.05) is 12.1 Å². The fourth-order valence-corrected chi connectivity index (χ4v) is 2.59. The highest BCUT2D eigenvalue weighted by atomic mass is 16.7. The number of benzene rings is 1. The van der Waals surface area contributed by atoms with Gasteiger partial charge in [0, 0.05) is 0 Å². The highest BCUT2D eigenvalue weighted by Crippen LogP contribution is 2.30. The van der Waals surface area contributed by atoms with Crippen LogP contribution in [0.15, 0.2) is 24.3 Å². The molecule has 1 aliphatic rings. The molecule has 0 amide bonds. The number of hydrogen-bond donors (Lipinski definition) is 5. The standard InChI is InChI=1S/C16H24O8/c1-8(18)15(9-3-5-10(22-2)6-4-9)24-16-14(21)13(20)12(19)11(7-17)23-16/h3-6,8,11-21H,7H2,1-2H3/t8-,11+,12-,13-,14-,15+,16+/m1/s1. The number of ether oxygens (including phenoxy) is 3. The molecule has 8 nitrogen and oxygen atoms in total. The molecule has 136 valence electrons. The van der Waals surface area contributed by atoms with Crippen molar-refractivity contribution in [3.8, 4) is 5.75 Å². The van der Waals surface area contributed by atoms with Gasteiger partial charge in [-0.3, -0.25) is 0 Å². The van der Waals surface area contributed by atoms with Gasteiger partial charge in [-0.05, 0) is 24.6 Å². The lowest BCUT2D eigenvalue weighted by molar-refractivity contribution is -0.317. The Balaban J connectivity index is 2.17. The van der Waals surface area contributed by atoms with Gasteiger partial charge in [0.05, 0.1) is 19.8 Å². The second-order valence-electron chi connectivity index (χ2n) is 5.77. The van der Waals surface area contributed by atoms with Crippen LogP contribution >= 0.6 is 0 Å². The van der Waals surface area contributed by atoms with Gasteiger partial charge < -0.3 is 39.7 Å². The molecule has 1 heterocycles. The predicted octanol–water partition coefficient (Wildman–Crippen LogP) is -1.07. The summed E-state index contributed by atoms with van der Waals surface area (Å²) in [5, 5.41) is 48.8. The van der Waals surface area contributed by atoms with E-state index >= 15 is 0 Å². The fraction of sp³-hybridized carbons (Fsp3) is 0.625. The lowest BCUT2D eigenvalue weighted by atomic mass is 9.99. The minimum atomic E-state index is -1.54. The molecular formula is C16H24O8. The number of rotatable bonds is 6. The molecule has 1 aromatic carbocycles. The Morgan fingerprint density at radius 3 is 2.21 bits per heavy atom. The first kappa shape index (κ1) is 19.1. The number of aliphatic hydroxyl groups is 5. The number of aliphatic hydroxyl groups excluding tert-OH is 5. The van der Waals surface area contributed by atoms with E-state index in [0.717, 1.165) is 0 Å². The third-order valence-corrected chi connectivity index (χ3v) is 4.01. The lowest BCUT2D eigenvalue weighted by Crippen LogP contribution is -2.59. The van der Waals surface area contributed by atoms with E-state index in [-0.39, 0.29) is 0 Å². The van der Waals surface area contributed by atoms with Crippen LogP contribution in [0.4, 0.5) is 0 Å². The molecule has 8 heteroatoms. The molecule has 0 aromatic heterocycles. The largest absolute Gasteiger partial charge is 0.497 e. The summed E-state index contributed by atoms with van der Waals surface area (Å²) in [6, 6.07) is 6.78. The fourth-order valence-electron chi connectivity index (χ4n) is 2.59. The van der Waals surface area contributed by atoms with Crippen LogP contribution in [0.2, 0.25) is 0 Å². The van der Waals surface area contributed by atoms with Crippen LogP contribution in [-0.2, 0) is 9.47 Å². The SMILES string of the molecule is COc1ccc([C@@H](O[C@@H]2O[C@@H](CO)[C@@H](O)[C@@H](O)[C@H]2O)[C@@H](C)O)cc1. The van der Waals surface area contributed by atoms with Gasteiger partial charge in [-0.25, -0.2) is 0 Å². The molecule has 0 radical (unpaired) electrons. The van der Waals surface area contributed by atoms with Gasteiger partial charge in [0.1, 0.15) is 36.3 Å². The summed E-state index contributed by atoms with van der Waals surface area (Å²) in [6.07, 6.45) is -8.70. The normalized spacial score (nSPS) is 33.0. The van der Waals surface area contributed by atoms with Crippen molar-refractivity contribution < 1.29 is 39.7 Å². The van der Waals surface area contributed by atoms with Crippen molar-refractivity contribution in [3.63, 3.8) is 0 Å². The van der Waals surface area contributed by atoms with Crippen LogP contribution in [0.1, 0.15) is 18.6 Å². The van der Waals surface area contributed by atoms with E-state index in [4.69, 9.17) is 14.2 Å². The van der Waals surface area contributed by atoms with Crippen LogP contribution in [0.25, 0.3) is 0 Å². The summed E-state index contributed by atoms with van der Waals surface area (Å²) in [6.45, 7) is 0.964. The topological polar surface area (TPSA) is 129 Å². The Hall–Kier alpha value is -1.26. The molecule has 7 atom stereocenters. The molecule has 1 aromatic rings. The van der Waals surface area contributed by atoms with E-state index in [1.807, 2.05) is 0 Å².